The Bertz CT molecular complexity index is 155. The number of rotatable bonds is 7. The molecule has 0 aliphatic rings. The fourth-order valence-corrected chi connectivity index (χ4v) is 2.07. The summed E-state index contributed by atoms with van der Waals surface area (Å²) in [5.41, 5.74) is 0.542. The molecular weight excluding hydrogens is 180 g/mol. The van der Waals surface area contributed by atoms with Crippen molar-refractivity contribution in [2.45, 2.75) is 74.1 Å². The van der Waals surface area contributed by atoms with Crippen molar-refractivity contribution in [3.63, 3.8) is 0 Å². The Labute approximate surface area is 97.8 Å². The molecule has 0 radical (unpaired) electrons. The van der Waals surface area contributed by atoms with Gasteiger partial charge in [0.25, 0.3) is 0 Å². The minimum absolute atomic E-state index is 0.542. The van der Waals surface area contributed by atoms with Crippen molar-refractivity contribution in [1.82, 2.24) is 0 Å². The van der Waals surface area contributed by atoms with Gasteiger partial charge in [0.2, 0.25) is 0 Å². The van der Waals surface area contributed by atoms with Crippen molar-refractivity contribution in [3.8, 4) is 0 Å². The standard InChI is InChI=1S/C15H32/c1-8-15(6,7)11-13(4)9-10-14(5)12(2)3/h12-14H,8-11H2,1-7H3. The molecule has 2 atom stereocenters. The summed E-state index contributed by atoms with van der Waals surface area (Å²) in [4.78, 5) is 0. The van der Waals surface area contributed by atoms with Gasteiger partial charge in [0.15, 0.2) is 0 Å². The molecule has 0 bridgehead atoms. The van der Waals surface area contributed by atoms with Crippen molar-refractivity contribution in [2.24, 2.45) is 23.2 Å². The summed E-state index contributed by atoms with van der Waals surface area (Å²) in [7, 11) is 0. The van der Waals surface area contributed by atoms with Gasteiger partial charge in [0, 0.05) is 0 Å². The Kier molecular flexibility index (Phi) is 6.55. The topological polar surface area (TPSA) is 0 Å². The fourth-order valence-electron chi connectivity index (χ4n) is 2.07. The molecule has 0 aromatic carbocycles. The highest BCUT2D eigenvalue weighted by molar-refractivity contribution is 4.71. The summed E-state index contributed by atoms with van der Waals surface area (Å²) in [5, 5.41) is 0. The van der Waals surface area contributed by atoms with E-state index in [0.717, 1.165) is 17.8 Å². The zero-order valence-corrected chi connectivity index (χ0v) is 12.1. The molecule has 0 saturated carbocycles. The maximum absolute atomic E-state index is 2.42. The highest BCUT2D eigenvalue weighted by Gasteiger charge is 2.19. The molecule has 0 amide bonds. The minimum atomic E-state index is 0.542. The molecule has 0 aromatic rings. The van der Waals surface area contributed by atoms with Crippen molar-refractivity contribution in [1.29, 1.82) is 0 Å². The largest absolute Gasteiger partial charge is 0.0649 e. The second kappa shape index (κ2) is 6.55. The number of hydrogen-bond donors (Lipinski definition) is 0. The molecule has 0 fully saturated rings. The van der Waals surface area contributed by atoms with E-state index in [-0.39, 0.29) is 0 Å². The zero-order chi connectivity index (χ0) is 12.1. The fraction of sp³-hybridized carbons (Fsp3) is 1.00. The normalized spacial score (nSPS) is 16.8. The van der Waals surface area contributed by atoms with Crippen LogP contribution < -0.4 is 0 Å². The quantitative estimate of drug-likeness (QED) is 0.521. The third-order valence-electron chi connectivity index (χ3n) is 4.11. The average Bonchev–Trinajstić information content (AvgIpc) is 2.13. The predicted octanol–water partition coefficient (Wildman–Crippen LogP) is 5.52. The molecule has 0 aliphatic heterocycles. The van der Waals surface area contributed by atoms with E-state index in [1.807, 2.05) is 0 Å². The van der Waals surface area contributed by atoms with Gasteiger partial charge in [-0.2, -0.15) is 0 Å². The first kappa shape index (κ1) is 15.0. The van der Waals surface area contributed by atoms with E-state index >= 15 is 0 Å². The highest BCUT2D eigenvalue weighted by Crippen LogP contribution is 2.31. The van der Waals surface area contributed by atoms with Crippen LogP contribution in [-0.2, 0) is 0 Å². The van der Waals surface area contributed by atoms with Crippen molar-refractivity contribution in [3.05, 3.63) is 0 Å². The van der Waals surface area contributed by atoms with E-state index in [1.54, 1.807) is 0 Å². The SMILES string of the molecule is CCC(C)(C)CC(C)CCC(C)C(C)C. The van der Waals surface area contributed by atoms with Crippen LogP contribution in [0.25, 0.3) is 0 Å². The summed E-state index contributed by atoms with van der Waals surface area (Å²) < 4.78 is 0. The molecular formula is C15H32. The summed E-state index contributed by atoms with van der Waals surface area (Å²) in [5.74, 6) is 2.62. The second-order valence-electron chi connectivity index (χ2n) is 6.63. The van der Waals surface area contributed by atoms with Gasteiger partial charge >= 0.3 is 0 Å². The average molecular weight is 212 g/mol. The highest BCUT2D eigenvalue weighted by atomic mass is 14.2. The molecule has 0 rings (SSSR count). The predicted molar refractivity (Wildman–Crippen MR) is 71.1 cm³/mol. The Morgan fingerprint density at radius 1 is 0.933 bits per heavy atom. The Balaban J connectivity index is 3.80. The first-order chi connectivity index (χ1) is 6.78. The molecule has 2 unspecified atom stereocenters. The van der Waals surface area contributed by atoms with E-state index < -0.39 is 0 Å². The molecule has 0 nitrogen and oxygen atoms in total. The molecule has 0 N–H and O–H groups in total. The minimum Gasteiger partial charge on any atom is -0.0649 e. The molecule has 0 spiro atoms. The first-order valence-corrected chi connectivity index (χ1v) is 6.78. The molecule has 0 aliphatic carbocycles. The van der Waals surface area contributed by atoms with Crippen molar-refractivity contribution in [2.75, 3.05) is 0 Å². The lowest BCUT2D eigenvalue weighted by molar-refractivity contribution is 0.243. The third-order valence-corrected chi connectivity index (χ3v) is 4.11. The van der Waals surface area contributed by atoms with E-state index in [1.165, 1.54) is 25.7 Å². The first-order valence-electron chi connectivity index (χ1n) is 6.78. The second-order valence-corrected chi connectivity index (χ2v) is 6.63. The zero-order valence-electron chi connectivity index (χ0n) is 12.1. The van der Waals surface area contributed by atoms with Crippen LogP contribution in [-0.4, -0.2) is 0 Å². The van der Waals surface area contributed by atoms with Gasteiger partial charge in [-0.05, 0) is 29.6 Å². The van der Waals surface area contributed by atoms with Gasteiger partial charge in [-0.1, -0.05) is 67.7 Å². The lowest BCUT2D eigenvalue weighted by Gasteiger charge is -2.27. The third kappa shape index (κ3) is 6.98. The van der Waals surface area contributed by atoms with Crippen LogP contribution in [0.15, 0.2) is 0 Å². The molecule has 0 heteroatoms. The van der Waals surface area contributed by atoms with E-state index in [2.05, 4.69) is 48.5 Å². The van der Waals surface area contributed by atoms with Gasteiger partial charge in [0.1, 0.15) is 0 Å². The van der Waals surface area contributed by atoms with Crippen LogP contribution >= 0.6 is 0 Å². The van der Waals surface area contributed by atoms with Crippen LogP contribution in [0.3, 0.4) is 0 Å². The van der Waals surface area contributed by atoms with E-state index in [0.29, 0.717) is 5.41 Å². The van der Waals surface area contributed by atoms with Crippen LogP contribution in [0.2, 0.25) is 0 Å². The van der Waals surface area contributed by atoms with Gasteiger partial charge in [-0.25, -0.2) is 0 Å². The van der Waals surface area contributed by atoms with Crippen molar-refractivity contribution < 1.29 is 0 Å². The lowest BCUT2D eigenvalue weighted by Crippen LogP contribution is -2.15. The Morgan fingerprint density at radius 3 is 1.87 bits per heavy atom. The summed E-state index contributed by atoms with van der Waals surface area (Å²) >= 11 is 0. The maximum Gasteiger partial charge on any atom is -0.0354 e. The van der Waals surface area contributed by atoms with Crippen LogP contribution in [0.4, 0.5) is 0 Å². The lowest BCUT2D eigenvalue weighted by atomic mass is 9.78. The summed E-state index contributed by atoms with van der Waals surface area (Å²) in [6.45, 7) is 16.6. The molecule has 0 heterocycles. The maximum atomic E-state index is 2.42. The Morgan fingerprint density at radius 2 is 1.47 bits per heavy atom. The Hall–Kier alpha value is 0. The molecule has 0 aromatic heterocycles. The van der Waals surface area contributed by atoms with Crippen molar-refractivity contribution >= 4 is 0 Å². The molecule has 0 saturated heterocycles. The van der Waals surface area contributed by atoms with Crippen LogP contribution in [0, 0.1) is 23.2 Å². The number of hydrogen-bond acceptors (Lipinski definition) is 0. The molecule has 15 heavy (non-hydrogen) atoms. The van der Waals surface area contributed by atoms with Gasteiger partial charge in [-0.3, -0.25) is 0 Å². The monoisotopic (exact) mass is 212 g/mol. The summed E-state index contributed by atoms with van der Waals surface area (Å²) in [6, 6.07) is 0. The van der Waals surface area contributed by atoms with Gasteiger partial charge < -0.3 is 0 Å². The van der Waals surface area contributed by atoms with Crippen LogP contribution in [0.1, 0.15) is 74.1 Å². The van der Waals surface area contributed by atoms with Crippen LogP contribution in [0.5, 0.6) is 0 Å². The molecule has 92 valence electrons. The smallest absolute Gasteiger partial charge is 0.0354 e. The van der Waals surface area contributed by atoms with E-state index in [9.17, 15) is 0 Å². The van der Waals surface area contributed by atoms with Gasteiger partial charge in [0.05, 0.1) is 0 Å². The summed E-state index contributed by atoms with van der Waals surface area (Å²) in [6.07, 6.45) is 5.49. The van der Waals surface area contributed by atoms with E-state index in [4.69, 9.17) is 0 Å². The van der Waals surface area contributed by atoms with Gasteiger partial charge in [-0.15, -0.1) is 0 Å².